The van der Waals surface area contributed by atoms with Gasteiger partial charge < -0.3 is 14.4 Å². The third-order valence-corrected chi connectivity index (χ3v) is 6.77. The van der Waals surface area contributed by atoms with E-state index in [2.05, 4.69) is 4.72 Å². The number of aryl methyl sites for hydroxylation is 2. The maximum atomic E-state index is 13.1. The molecule has 1 heterocycles. The molecular weight excluding hydrogens is 428 g/mol. The number of carbonyl (C=O) groups is 1. The van der Waals surface area contributed by atoms with Crippen LogP contribution >= 0.6 is 0 Å². The van der Waals surface area contributed by atoms with Gasteiger partial charge in [0.1, 0.15) is 18.1 Å². The molecule has 0 bridgehead atoms. The van der Waals surface area contributed by atoms with E-state index in [1.54, 1.807) is 42.3 Å². The Balaban J connectivity index is 1.97. The van der Waals surface area contributed by atoms with Crippen molar-refractivity contribution >= 4 is 27.3 Å². The minimum atomic E-state index is -3.83. The average Bonchev–Trinajstić information content (AvgIpc) is 2.77. The molecule has 1 aliphatic heterocycles. The smallest absolute Gasteiger partial charge is 0.261 e. The maximum Gasteiger partial charge on any atom is 0.261 e. The summed E-state index contributed by atoms with van der Waals surface area (Å²) in [5, 5.41) is 0. The van der Waals surface area contributed by atoms with Gasteiger partial charge in [0, 0.05) is 12.6 Å². The van der Waals surface area contributed by atoms with Gasteiger partial charge in [-0.3, -0.25) is 9.52 Å². The van der Waals surface area contributed by atoms with Gasteiger partial charge in [0.25, 0.3) is 10.0 Å². The largest absolute Gasteiger partial charge is 0.496 e. The number of nitrogens with zero attached hydrogens (tertiary/aromatic N) is 1. The fourth-order valence-electron chi connectivity index (χ4n) is 3.86. The van der Waals surface area contributed by atoms with E-state index in [1.165, 1.54) is 0 Å². The Morgan fingerprint density at radius 2 is 1.78 bits per heavy atom. The molecule has 0 unspecified atom stereocenters. The zero-order valence-electron chi connectivity index (χ0n) is 19.8. The number of hydrogen-bond acceptors (Lipinski definition) is 5. The third-order valence-electron chi connectivity index (χ3n) is 5.41. The second kappa shape index (κ2) is 8.65. The van der Waals surface area contributed by atoms with E-state index in [0.29, 0.717) is 29.4 Å². The van der Waals surface area contributed by atoms with Crippen LogP contribution in [0.15, 0.2) is 35.2 Å². The molecule has 0 atom stereocenters. The summed E-state index contributed by atoms with van der Waals surface area (Å²) in [6, 6.07) is 8.19. The number of hydrogen-bond donors (Lipinski definition) is 1. The van der Waals surface area contributed by atoms with Crippen LogP contribution in [0.5, 0.6) is 11.5 Å². The Labute approximate surface area is 190 Å². The molecule has 2 aromatic carbocycles. The molecule has 0 saturated carbocycles. The van der Waals surface area contributed by atoms with Gasteiger partial charge in [-0.25, -0.2) is 8.42 Å². The number of amides is 1. The van der Waals surface area contributed by atoms with Gasteiger partial charge >= 0.3 is 0 Å². The first-order chi connectivity index (χ1) is 14.9. The number of benzene rings is 2. The number of nitrogens with one attached hydrogen (secondary N) is 1. The number of anilines is 2. The van der Waals surface area contributed by atoms with Crippen molar-refractivity contribution in [1.82, 2.24) is 0 Å². The molecule has 0 aliphatic carbocycles. The Bertz CT molecular complexity index is 1120. The average molecular weight is 461 g/mol. The quantitative estimate of drug-likeness (QED) is 0.685. The zero-order valence-corrected chi connectivity index (χ0v) is 20.6. The number of methoxy groups -OCH3 is 1. The second-order valence-electron chi connectivity index (χ2n) is 9.36. The van der Waals surface area contributed by atoms with Gasteiger partial charge in [0.2, 0.25) is 5.91 Å². The molecule has 0 radical (unpaired) electrons. The summed E-state index contributed by atoms with van der Waals surface area (Å²) < 4.78 is 40.0. The van der Waals surface area contributed by atoms with Crippen LogP contribution in [0.4, 0.5) is 11.4 Å². The van der Waals surface area contributed by atoms with E-state index >= 15 is 0 Å². The molecule has 1 amide bonds. The summed E-state index contributed by atoms with van der Waals surface area (Å²) in [5.41, 5.74) is 1.80. The van der Waals surface area contributed by atoms with Crippen molar-refractivity contribution in [3.05, 3.63) is 41.5 Å². The van der Waals surface area contributed by atoms with Crippen molar-refractivity contribution in [2.75, 3.05) is 29.9 Å². The highest BCUT2D eigenvalue weighted by Gasteiger charge is 2.38. The van der Waals surface area contributed by atoms with Crippen molar-refractivity contribution in [3.8, 4) is 11.5 Å². The van der Waals surface area contributed by atoms with Gasteiger partial charge in [0.15, 0.2) is 0 Å². The van der Waals surface area contributed by atoms with Crippen LogP contribution in [-0.2, 0) is 14.8 Å². The fourth-order valence-corrected chi connectivity index (χ4v) is 5.08. The van der Waals surface area contributed by atoms with E-state index in [-0.39, 0.29) is 23.3 Å². The van der Waals surface area contributed by atoms with Gasteiger partial charge in [0.05, 0.1) is 28.8 Å². The standard InChI is InChI=1S/C24H32N2O5S/c1-15(2)13-26-20-9-8-18(12-21(20)31-14-24(5,6)23(26)27)25-32(28,29)19-10-16(3)22(30-7)17(4)11-19/h8-12,15,25H,13-14H2,1-7H3. The number of carbonyl (C=O) groups excluding carboxylic acids is 1. The molecule has 1 N–H and O–H groups in total. The number of ether oxygens (including phenoxy) is 2. The topological polar surface area (TPSA) is 84.9 Å². The number of fused-ring (bicyclic) bond motifs is 1. The molecule has 8 heteroatoms. The molecule has 3 rings (SSSR count). The summed E-state index contributed by atoms with van der Waals surface area (Å²) in [7, 11) is -2.27. The Kier molecular flexibility index (Phi) is 6.47. The van der Waals surface area contributed by atoms with E-state index in [0.717, 1.165) is 11.1 Å². The molecule has 0 saturated heterocycles. The summed E-state index contributed by atoms with van der Waals surface area (Å²) in [4.78, 5) is 15.0. The fraction of sp³-hybridized carbons (Fsp3) is 0.458. The van der Waals surface area contributed by atoms with Crippen LogP contribution in [0.3, 0.4) is 0 Å². The van der Waals surface area contributed by atoms with E-state index in [1.807, 2.05) is 41.5 Å². The number of rotatable bonds is 6. The molecule has 7 nitrogen and oxygen atoms in total. The van der Waals surface area contributed by atoms with Gasteiger partial charge in [-0.1, -0.05) is 13.8 Å². The highest BCUT2D eigenvalue weighted by molar-refractivity contribution is 7.92. The Hall–Kier alpha value is -2.74. The summed E-state index contributed by atoms with van der Waals surface area (Å²) in [6.07, 6.45) is 0. The van der Waals surface area contributed by atoms with Crippen molar-refractivity contribution in [1.29, 1.82) is 0 Å². The van der Waals surface area contributed by atoms with Gasteiger partial charge in [-0.15, -0.1) is 0 Å². The van der Waals surface area contributed by atoms with Crippen molar-refractivity contribution in [3.63, 3.8) is 0 Å². The molecule has 2 aromatic rings. The van der Waals surface area contributed by atoms with E-state index in [4.69, 9.17) is 9.47 Å². The minimum absolute atomic E-state index is 0.0116. The number of sulfonamides is 1. The lowest BCUT2D eigenvalue weighted by Crippen LogP contribution is -2.43. The lowest BCUT2D eigenvalue weighted by atomic mass is 9.92. The Morgan fingerprint density at radius 1 is 1.16 bits per heavy atom. The van der Waals surface area contributed by atoms with Gasteiger partial charge in [-0.05, 0) is 69.0 Å². The van der Waals surface area contributed by atoms with Crippen LogP contribution in [0.25, 0.3) is 0 Å². The summed E-state index contributed by atoms with van der Waals surface area (Å²) >= 11 is 0. The lowest BCUT2D eigenvalue weighted by Gasteiger charge is -2.29. The van der Waals surface area contributed by atoms with Crippen LogP contribution in [0, 0.1) is 25.2 Å². The van der Waals surface area contributed by atoms with Crippen LogP contribution in [0.1, 0.15) is 38.8 Å². The molecule has 0 fully saturated rings. The normalized spacial score (nSPS) is 15.8. The predicted octanol–water partition coefficient (Wildman–Crippen LogP) is 4.52. The van der Waals surface area contributed by atoms with E-state index < -0.39 is 15.4 Å². The van der Waals surface area contributed by atoms with Gasteiger partial charge in [-0.2, -0.15) is 0 Å². The predicted molar refractivity (Wildman–Crippen MR) is 126 cm³/mol. The van der Waals surface area contributed by atoms with Crippen LogP contribution in [0.2, 0.25) is 0 Å². The highest BCUT2D eigenvalue weighted by Crippen LogP contribution is 2.39. The lowest BCUT2D eigenvalue weighted by molar-refractivity contribution is -0.127. The minimum Gasteiger partial charge on any atom is -0.496 e. The van der Waals surface area contributed by atoms with E-state index in [9.17, 15) is 13.2 Å². The molecule has 0 spiro atoms. The second-order valence-corrected chi connectivity index (χ2v) is 11.0. The molecule has 0 aromatic heterocycles. The van der Waals surface area contributed by atoms with Crippen molar-refractivity contribution < 1.29 is 22.7 Å². The van der Waals surface area contributed by atoms with Crippen LogP contribution < -0.4 is 19.1 Å². The first-order valence-electron chi connectivity index (χ1n) is 10.6. The zero-order chi connectivity index (χ0) is 23.8. The summed E-state index contributed by atoms with van der Waals surface area (Å²) in [6.45, 7) is 12.2. The molecule has 174 valence electrons. The van der Waals surface area contributed by atoms with Crippen molar-refractivity contribution in [2.24, 2.45) is 11.3 Å². The highest BCUT2D eigenvalue weighted by atomic mass is 32.2. The summed E-state index contributed by atoms with van der Waals surface area (Å²) in [5.74, 6) is 1.40. The SMILES string of the molecule is COc1c(C)cc(S(=O)(=O)Nc2ccc3c(c2)OCC(C)(C)C(=O)N3CC(C)C)cc1C. The first-order valence-corrected chi connectivity index (χ1v) is 12.1. The third kappa shape index (κ3) is 4.70. The Morgan fingerprint density at radius 3 is 2.34 bits per heavy atom. The van der Waals surface area contributed by atoms with Crippen LogP contribution in [-0.4, -0.2) is 34.6 Å². The maximum absolute atomic E-state index is 13.1. The molecule has 32 heavy (non-hydrogen) atoms. The molecule has 1 aliphatic rings. The van der Waals surface area contributed by atoms with Crippen molar-refractivity contribution in [2.45, 2.75) is 46.4 Å². The molecular formula is C24H32N2O5S. The first kappa shape index (κ1) is 23.9. The monoisotopic (exact) mass is 460 g/mol.